The van der Waals surface area contributed by atoms with E-state index in [1.165, 1.54) is 25.7 Å². The van der Waals surface area contributed by atoms with Gasteiger partial charge in [-0.1, -0.05) is 12.8 Å². The maximum Gasteiger partial charge on any atom is 0.167 e. The van der Waals surface area contributed by atoms with Crippen LogP contribution >= 0.6 is 15.9 Å². The SMILES string of the molecule is O=C(c1cc2c(cc1Br)OCCCO2)C1C2CCCCC21. The second-order valence-electron chi connectivity index (χ2n) is 6.33. The van der Waals surface area contributed by atoms with Crippen molar-refractivity contribution in [2.75, 3.05) is 13.2 Å². The Morgan fingerprint density at radius 2 is 1.62 bits per heavy atom. The van der Waals surface area contributed by atoms with Crippen LogP contribution in [-0.2, 0) is 0 Å². The van der Waals surface area contributed by atoms with Crippen LogP contribution in [0.3, 0.4) is 0 Å². The highest BCUT2D eigenvalue weighted by Crippen LogP contribution is 2.57. The fourth-order valence-corrected chi connectivity index (χ4v) is 4.45. The van der Waals surface area contributed by atoms with E-state index in [2.05, 4.69) is 15.9 Å². The minimum Gasteiger partial charge on any atom is -0.490 e. The third-order valence-electron chi connectivity index (χ3n) is 5.06. The molecule has 1 aromatic carbocycles. The van der Waals surface area contributed by atoms with Crippen LogP contribution in [0.25, 0.3) is 0 Å². The average Bonchev–Trinajstić information content (AvgIpc) is 3.25. The number of fused-ring (bicyclic) bond motifs is 2. The van der Waals surface area contributed by atoms with E-state index < -0.39 is 0 Å². The standard InChI is InChI=1S/C17H19BrO3/c18-13-9-15-14(20-6-3-7-21-15)8-12(13)17(19)16-10-4-1-2-5-11(10)16/h8-11,16H,1-7H2. The topological polar surface area (TPSA) is 35.5 Å². The van der Waals surface area contributed by atoms with Gasteiger partial charge in [-0.3, -0.25) is 4.79 Å². The van der Waals surface area contributed by atoms with Crippen molar-refractivity contribution < 1.29 is 14.3 Å². The number of rotatable bonds is 2. The number of hydrogen-bond donors (Lipinski definition) is 0. The summed E-state index contributed by atoms with van der Waals surface area (Å²) in [5.41, 5.74) is 0.763. The molecular weight excluding hydrogens is 332 g/mol. The van der Waals surface area contributed by atoms with E-state index >= 15 is 0 Å². The minimum absolute atomic E-state index is 0.244. The lowest BCUT2D eigenvalue weighted by atomic mass is 10.0. The minimum atomic E-state index is 0.244. The van der Waals surface area contributed by atoms with Gasteiger partial charge in [-0.15, -0.1) is 0 Å². The number of carbonyl (C=O) groups excluding carboxylic acids is 1. The lowest BCUT2D eigenvalue weighted by Crippen LogP contribution is -2.06. The fourth-order valence-electron chi connectivity index (χ4n) is 3.93. The first-order valence-electron chi connectivity index (χ1n) is 7.89. The van der Waals surface area contributed by atoms with Crippen molar-refractivity contribution in [3.63, 3.8) is 0 Å². The number of hydrogen-bond acceptors (Lipinski definition) is 3. The molecule has 112 valence electrons. The summed E-state index contributed by atoms with van der Waals surface area (Å²) in [6.45, 7) is 1.32. The maximum absolute atomic E-state index is 12.8. The predicted octanol–water partition coefficient (Wildman–Crippen LogP) is 4.23. The van der Waals surface area contributed by atoms with Gasteiger partial charge in [0.25, 0.3) is 0 Å². The van der Waals surface area contributed by atoms with Gasteiger partial charge >= 0.3 is 0 Å². The molecule has 21 heavy (non-hydrogen) atoms. The molecular formula is C17H19BrO3. The summed E-state index contributed by atoms with van der Waals surface area (Å²) in [6.07, 6.45) is 5.90. The zero-order valence-electron chi connectivity index (χ0n) is 11.9. The largest absolute Gasteiger partial charge is 0.490 e. The van der Waals surface area contributed by atoms with E-state index in [1.54, 1.807) is 0 Å². The summed E-state index contributed by atoms with van der Waals surface area (Å²) >= 11 is 3.54. The number of ether oxygens (including phenoxy) is 2. The zero-order chi connectivity index (χ0) is 14.4. The van der Waals surface area contributed by atoms with E-state index in [4.69, 9.17) is 9.47 Å². The number of carbonyl (C=O) groups is 1. The highest BCUT2D eigenvalue weighted by Gasteiger charge is 2.54. The third-order valence-corrected chi connectivity index (χ3v) is 5.72. The van der Waals surface area contributed by atoms with Gasteiger partial charge in [-0.05, 0) is 52.7 Å². The molecule has 0 N–H and O–H groups in total. The van der Waals surface area contributed by atoms with Crippen LogP contribution in [-0.4, -0.2) is 19.0 Å². The van der Waals surface area contributed by atoms with Crippen molar-refractivity contribution in [2.24, 2.45) is 17.8 Å². The summed E-state index contributed by atoms with van der Waals surface area (Å²) in [6, 6.07) is 3.76. The third kappa shape index (κ3) is 2.37. The molecule has 0 spiro atoms. The number of Topliss-reactive ketones (excluding diaryl/α,β-unsaturated/α-hetero) is 1. The van der Waals surface area contributed by atoms with E-state index in [0.29, 0.717) is 30.8 Å². The van der Waals surface area contributed by atoms with Crippen LogP contribution in [0.4, 0.5) is 0 Å². The summed E-state index contributed by atoms with van der Waals surface area (Å²) in [5, 5.41) is 0. The summed E-state index contributed by atoms with van der Waals surface area (Å²) in [7, 11) is 0. The average molecular weight is 351 g/mol. The summed E-state index contributed by atoms with van der Waals surface area (Å²) in [4.78, 5) is 12.8. The van der Waals surface area contributed by atoms with Gasteiger partial charge in [0.15, 0.2) is 17.3 Å². The monoisotopic (exact) mass is 350 g/mol. The molecule has 0 amide bonds. The molecule has 0 bridgehead atoms. The van der Waals surface area contributed by atoms with Crippen LogP contribution in [0, 0.1) is 17.8 Å². The molecule has 2 fully saturated rings. The first-order chi connectivity index (χ1) is 10.3. The predicted molar refractivity (Wildman–Crippen MR) is 83.0 cm³/mol. The first-order valence-corrected chi connectivity index (χ1v) is 8.68. The quantitative estimate of drug-likeness (QED) is 0.748. The first kappa shape index (κ1) is 13.6. The second kappa shape index (κ2) is 5.31. The molecule has 2 unspecified atom stereocenters. The Hall–Kier alpha value is -1.03. The van der Waals surface area contributed by atoms with Crippen molar-refractivity contribution in [3.05, 3.63) is 22.2 Å². The molecule has 2 aliphatic carbocycles. The summed E-state index contributed by atoms with van der Waals surface area (Å²) < 4.78 is 12.2. The molecule has 0 saturated heterocycles. The van der Waals surface area contributed by atoms with Crippen molar-refractivity contribution in [1.82, 2.24) is 0 Å². The second-order valence-corrected chi connectivity index (χ2v) is 7.19. The molecule has 4 heteroatoms. The Labute approximate surface area is 133 Å². The summed E-state index contributed by atoms with van der Waals surface area (Å²) in [5.74, 6) is 3.25. The van der Waals surface area contributed by atoms with Gasteiger partial charge < -0.3 is 9.47 Å². The molecule has 2 saturated carbocycles. The lowest BCUT2D eigenvalue weighted by molar-refractivity contribution is 0.0955. The number of benzene rings is 1. The van der Waals surface area contributed by atoms with Crippen LogP contribution in [0.5, 0.6) is 11.5 Å². The van der Waals surface area contributed by atoms with Gasteiger partial charge in [0.05, 0.1) is 13.2 Å². The van der Waals surface area contributed by atoms with E-state index in [9.17, 15) is 4.79 Å². The maximum atomic E-state index is 12.8. The Balaban J connectivity index is 1.62. The van der Waals surface area contributed by atoms with Gasteiger partial charge in [-0.25, -0.2) is 0 Å². The number of halogens is 1. The van der Waals surface area contributed by atoms with E-state index in [0.717, 1.165) is 22.2 Å². The van der Waals surface area contributed by atoms with Gasteiger partial charge in [0.2, 0.25) is 0 Å². The zero-order valence-corrected chi connectivity index (χ0v) is 13.5. The van der Waals surface area contributed by atoms with Crippen molar-refractivity contribution in [1.29, 1.82) is 0 Å². The molecule has 2 atom stereocenters. The molecule has 3 nitrogen and oxygen atoms in total. The van der Waals surface area contributed by atoms with Crippen LogP contribution in [0.2, 0.25) is 0 Å². The van der Waals surface area contributed by atoms with Crippen molar-refractivity contribution >= 4 is 21.7 Å². The van der Waals surface area contributed by atoms with Crippen molar-refractivity contribution in [3.8, 4) is 11.5 Å². The fraction of sp³-hybridized carbons (Fsp3) is 0.588. The Kier molecular flexibility index (Phi) is 3.44. The Morgan fingerprint density at radius 1 is 1.00 bits per heavy atom. The van der Waals surface area contributed by atoms with Gasteiger partial charge in [0, 0.05) is 22.4 Å². The van der Waals surface area contributed by atoms with E-state index in [1.807, 2.05) is 12.1 Å². The van der Waals surface area contributed by atoms with Crippen LogP contribution in [0.1, 0.15) is 42.5 Å². The molecule has 1 aromatic rings. The molecule has 3 aliphatic rings. The van der Waals surface area contributed by atoms with Crippen LogP contribution < -0.4 is 9.47 Å². The lowest BCUT2D eigenvalue weighted by Gasteiger charge is -2.11. The van der Waals surface area contributed by atoms with Crippen LogP contribution in [0.15, 0.2) is 16.6 Å². The molecule has 4 rings (SSSR count). The highest BCUT2D eigenvalue weighted by atomic mass is 79.9. The Morgan fingerprint density at radius 3 is 2.29 bits per heavy atom. The molecule has 0 radical (unpaired) electrons. The van der Waals surface area contributed by atoms with Crippen molar-refractivity contribution in [2.45, 2.75) is 32.1 Å². The number of ketones is 1. The van der Waals surface area contributed by atoms with Gasteiger partial charge in [0.1, 0.15) is 0 Å². The van der Waals surface area contributed by atoms with Gasteiger partial charge in [-0.2, -0.15) is 0 Å². The smallest absolute Gasteiger partial charge is 0.167 e. The molecule has 0 aromatic heterocycles. The molecule has 1 aliphatic heterocycles. The normalized spacial score (nSPS) is 30.2. The Bertz CT molecular complexity index is 572. The highest BCUT2D eigenvalue weighted by molar-refractivity contribution is 9.10. The molecule has 1 heterocycles. The van der Waals surface area contributed by atoms with E-state index in [-0.39, 0.29) is 11.7 Å².